The highest BCUT2D eigenvalue weighted by molar-refractivity contribution is 7.22. The maximum Gasteiger partial charge on any atom is 0.263 e. The van der Waals surface area contributed by atoms with E-state index in [-0.39, 0.29) is 11.7 Å². The molecule has 0 aliphatic rings. The molecule has 2 heterocycles. The van der Waals surface area contributed by atoms with E-state index in [0.29, 0.717) is 22.8 Å². The molecule has 2 aromatic heterocycles. The average Bonchev–Trinajstić information content (AvgIpc) is 3.40. The first-order chi connectivity index (χ1) is 15.5. The highest BCUT2D eigenvalue weighted by Gasteiger charge is 2.25. The molecule has 6 nitrogen and oxygen atoms in total. The molecule has 0 bridgehead atoms. The molecule has 0 unspecified atom stereocenters. The zero-order valence-electron chi connectivity index (χ0n) is 18.5. The number of fused-ring (bicyclic) bond motifs is 1. The van der Waals surface area contributed by atoms with Crippen molar-refractivity contribution in [3.8, 4) is 5.69 Å². The van der Waals surface area contributed by atoms with Gasteiger partial charge in [-0.15, -0.1) is 0 Å². The van der Waals surface area contributed by atoms with E-state index in [9.17, 15) is 9.18 Å². The van der Waals surface area contributed by atoms with Crippen molar-refractivity contribution in [1.82, 2.24) is 19.7 Å². The third-order valence-corrected chi connectivity index (χ3v) is 6.63. The van der Waals surface area contributed by atoms with Crippen LogP contribution in [0.15, 0.2) is 54.7 Å². The van der Waals surface area contributed by atoms with E-state index >= 15 is 0 Å². The van der Waals surface area contributed by atoms with Crippen LogP contribution in [0.1, 0.15) is 29.9 Å². The predicted octanol–water partition coefficient (Wildman–Crippen LogP) is 4.92. The van der Waals surface area contributed by atoms with Gasteiger partial charge in [-0.1, -0.05) is 43.4 Å². The van der Waals surface area contributed by atoms with Crippen molar-refractivity contribution in [1.29, 1.82) is 0 Å². The molecule has 166 valence electrons. The standard InChI is InChI=1S/C24H26FN5OS/c1-4-28(5-2)13-14-29(24-27-21-12-11-18(25)15-22(21)32-24)23(31)20-16-26-30(17(20)3)19-9-7-6-8-10-19/h6-12,15-16H,4-5,13-14H2,1-3H3. The van der Waals surface area contributed by atoms with E-state index in [4.69, 9.17) is 0 Å². The molecule has 0 N–H and O–H groups in total. The van der Waals surface area contributed by atoms with E-state index in [2.05, 4.69) is 28.8 Å². The van der Waals surface area contributed by atoms with Crippen molar-refractivity contribution in [3.05, 3.63) is 71.8 Å². The molecule has 8 heteroatoms. The first-order valence-electron chi connectivity index (χ1n) is 10.7. The monoisotopic (exact) mass is 451 g/mol. The lowest BCUT2D eigenvalue weighted by atomic mass is 10.2. The van der Waals surface area contributed by atoms with Crippen LogP contribution in [0, 0.1) is 12.7 Å². The summed E-state index contributed by atoms with van der Waals surface area (Å²) in [5, 5.41) is 5.02. The summed E-state index contributed by atoms with van der Waals surface area (Å²) in [6.45, 7) is 9.09. The molecule has 32 heavy (non-hydrogen) atoms. The van der Waals surface area contributed by atoms with Crippen molar-refractivity contribution in [3.63, 3.8) is 0 Å². The lowest BCUT2D eigenvalue weighted by Crippen LogP contribution is -2.39. The summed E-state index contributed by atoms with van der Waals surface area (Å²) in [6.07, 6.45) is 1.61. The zero-order chi connectivity index (χ0) is 22.7. The second kappa shape index (κ2) is 9.58. The van der Waals surface area contributed by atoms with Gasteiger partial charge in [-0.05, 0) is 50.3 Å². The summed E-state index contributed by atoms with van der Waals surface area (Å²) in [4.78, 5) is 22.3. The highest BCUT2D eigenvalue weighted by Crippen LogP contribution is 2.30. The van der Waals surface area contributed by atoms with Gasteiger partial charge in [0.05, 0.1) is 33.4 Å². The predicted molar refractivity (Wildman–Crippen MR) is 127 cm³/mol. The number of benzene rings is 2. The quantitative estimate of drug-likeness (QED) is 0.382. The highest BCUT2D eigenvalue weighted by atomic mass is 32.1. The van der Waals surface area contributed by atoms with Gasteiger partial charge in [-0.2, -0.15) is 5.10 Å². The summed E-state index contributed by atoms with van der Waals surface area (Å²) in [5.41, 5.74) is 2.87. The van der Waals surface area contributed by atoms with Crippen molar-refractivity contribution in [2.75, 3.05) is 31.1 Å². The molecule has 0 aliphatic carbocycles. The van der Waals surface area contributed by atoms with Crippen molar-refractivity contribution in [2.45, 2.75) is 20.8 Å². The number of aromatic nitrogens is 3. The van der Waals surface area contributed by atoms with E-state index in [1.54, 1.807) is 21.8 Å². The zero-order valence-corrected chi connectivity index (χ0v) is 19.3. The maximum absolute atomic E-state index is 13.7. The normalized spacial score (nSPS) is 11.4. The fraction of sp³-hybridized carbons (Fsp3) is 0.292. The Morgan fingerprint density at radius 2 is 1.84 bits per heavy atom. The third kappa shape index (κ3) is 4.42. The number of rotatable bonds is 8. The van der Waals surface area contributed by atoms with Crippen LogP contribution in [-0.4, -0.2) is 51.8 Å². The second-order valence-corrected chi connectivity index (χ2v) is 8.49. The Labute approximate surface area is 190 Å². The van der Waals surface area contributed by atoms with Gasteiger partial charge in [0.1, 0.15) is 5.82 Å². The van der Waals surface area contributed by atoms with Crippen LogP contribution in [-0.2, 0) is 0 Å². The lowest BCUT2D eigenvalue weighted by molar-refractivity contribution is 0.0983. The van der Waals surface area contributed by atoms with Gasteiger partial charge in [-0.3, -0.25) is 9.69 Å². The number of amides is 1. The number of halogens is 1. The Bertz CT molecular complexity index is 1220. The van der Waals surface area contributed by atoms with Gasteiger partial charge >= 0.3 is 0 Å². The molecular weight excluding hydrogens is 425 g/mol. The number of nitrogens with zero attached hydrogens (tertiary/aromatic N) is 5. The molecule has 2 aromatic carbocycles. The molecule has 4 aromatic rings. The van der Waals surface area contributed by atoms with Gasteiger partial charge in [0.25, 0.3) is 5.91 Å². The summed E-state index contributed by atoms with van der Waals surface area (Å²) in [7, 11) is 0. The van der Waals surface area contributed by atoms with E-state index in [0.717, 1.165) is 35.7 Å². The fourth-order valence-electron chi connectivity index (χ4n) is 3.66. The molecule has 0 saturated carbocycles. The van der Waals surface area contributed by atoms with Crippen LogP contribution in [0.3, 0.4) is 0 Å². The number of likely N-dealkylation sites (N-methyl/N-ethyl adjacent to an activating group) is 1. The van der Waals surface area contributed by atoms with Crippen LogP contribution in [0.2, 0.25) is 0 Å². The first-order valence-corrected chi connectivity index (χ1v) is 11.5. The SMILES string of the molecule is CCN(CC)CCN(C(=O)c1cnn(-c2ccccc2)c1C)c1nc2ccc(F)cc2s1. The van der Waals surface area contributed by atoms with Crippen LogP contribution in [0.4, 0.5) is 9.52 Å². The third-order valence-electron chi connectivity index (χ3n) is 5.59. The van der Waals surface area contributed by atoms with Crippen LogP contribution in [0.5, 0.6) is 0 Å². The topological polar surface area (TPSA) is 54.3 Å². The Morgan fingerprint density at radius 3 is 2.56 bits per heavy atom. The summed E-state index contributed by atoms with van der Waals surface area (Å²) >= 11 is 1.33. The Hall–Kier alpha value is -3.10. The van der Waals surface area contributed by atoms with Gasteiger partial charge in [0.2, 0.25) is 0 Å². The van der Waals surface area contributed by atoms with Crippen molar-refractivity contribution < 1.29 is 9.18 Å². The molecular formula is C24H26FN5OS. The Kier molecular flexibility index (Phi) is 6.62. The number of anilines is 1. The molecule has 0 saturated heterocycles. The van der Waals surface area contributed by atoms with E-state index < -0.39 is 0 Å². The summed E-state index contributed by atoms with van der Waals surface area (Å²) in [5.74, 6) is -0.468. The number of carbonyl (C=O) groups is 1. The molecule has 0 radical (unpaired) electrons. The summed E-state index contributed by atoms with van der Waals surface area (Å²) < 4.78 is 16.2. The second-order valence-electron chi connectivity index (χ2n) is 7.48. The number of para-hydroxylation sites is 1. The minimum absolute atomic E-state index is 0.156. The van der Waals surface area contributed by atoms with Gasteiger partial charge in [0, 0.05) is 13.1 Å². The molecule has 0 aliphatic heterocycles. The average molecular weight is 452 g/mol. The first kappa shape index (κ1) is 22.1. The number of hydrogen-bond donors (Lipinski definition) is 0. The van der Waals surface area contributed by atoms with Gasteiger partial charge in [0.15, 0.2) is 5.13 Å². The molecule has 4 rings (SSSR count). The van der Waals surface area contributed by atoms with Gasteiger partial charge < -0.3 is 4.90 Å². The Morgan fingerprint density at radius 1 is 1.09 bits per heavy atom. The van der Waals surface area contributed by atoms with Crippen molar-refractivity contribution in [2.24, 2.45) is 0 Å². The van der Waals surface area contributed by atoms with E-state index in [1.807, 2.05) is 37.3 Å². The lowest BCUT2D eigenvalue weighted by Gasteiger charge is -2.24. The van der Waals surface area contributed by atoms with Crippen LogP contribution >= 0.6 is 11.3 Å². The molecule has 0 fully saturated rings. The minimum Gasteiger partial charge on any atom is -0.302 e. The van der Waals surface area contributed by atoms with Crippen molar-refractivity contribution >= 4 is 32.6 Å². The molecule has 0 spiro atoms. The number of hydrogen-bond acceptors (Lipinski definition) is 5. The molecule has 1 amide bonds. The van der Waals surface area contributed by atoms with Crippen LogP contribution in [0.25, 0.3) is 15.9 Å². The smallest absolute Gasteiger partial charge is 0.263 e. The largest absolute Gasteiger partial charge is 0.302 e. The van der Waals surface area contributed by atoms with Gasteiger partial charge in [-0.25, -0.2) is 14.1 Å². The fourth-order valence-corrected chi connectivity index (χ4v) is 4.68. The number of carbonyl (C=O) groups excluding carboxylic acids is 1. The minimum atomic E-state index is -0.311. The van der Waals surface area contributed by atoms with E-state index in [1.165, 1.54) is 23.5 Å². The number of thiazole rings is 1. The van der Waals surface area contributed by atoms with Crippen LogP contribution < -0.4 is 4.90 Å². The summed E-state index contributed by atoms with van der Waals surface area (Å²) in [6, 6.07) is 14.2. The maximum atomic E-state index is 13.7. The Balaban J connectivity index is 1.70. The molecule has 0 atom stereocenters.